The standard InChI is InChI=1S/C24H28N4O5/c1-15-6-7-16(2)22(12-15)33-14-20-13-19(8-9-21(20)32-5)24(29)25-10-11-27-18(4)23(28(30)31)17(3)26-27/h6-9,12-13H,10-11,14H2,1-5H3,(H,25,29). The summed E-state index contributed by atoms with van der Waals surface area (Å²) in [6.07, 6.45) is 0. The van der Waals surface area contributed by atoms with Crippen LogP contribution in [0, 0.1) is 37.8 Å². The molecule has 3 aromatic rings. The van der Waals surface area contributed by atoms with Gasteiger partial charge in [0.2, 0.25) is 0 Å². The van der Waals surface area contributed by atoms with E-state index in [0.717, 1.165) is 22.4 Å². The van der Waals surface area contributed by atoms with E-state index in [0.29, 0.717) is 29.2 Å². The number of methoxy groups -OCH3 is 1. The number of carbonyl (C=O) groups excluding carboxylic acids is 1. The first-order valence-corrected chi connectivity index (χ1v) is 10.5. The molecule has 0 saturated carbocycles. The van der Waals surface area contributed by atoms with Crippen molar-refractivity contribution >= 4 is 11.6 Å². The molecule has 0 aliphatic heterocycles. The van der Waals surface area contributed by atoms with Gasteiger partial charge in [-0.15, -0.1) is 0 Å². The lowest BCUT2D eigenvalue weighted by Gasteiger charge is -2.14. The van der Waals surface area contributed by atoms with E-state index in [1.807, 2.05) is 32.0 Å². The Bertz CT molecular complexity index is 1190. The van der Waals surface area contributed by atoms with Crippen LogP contribution < -0.4 is 14.8 Å². The molecule has 0 atom stereocenters. The van der Waals surface area contributed by atoms with Gasteiger partial charge in [0, 0.05) is 17.7 Å². The highest BCUT2D eigenvalue weighted by molar-refractivity contribution is 5.94. The number of ether oxygens (including phenoxy) is 2. The van der Waals surface area contributed by atoms with Crippen molar-refractivity contribution in [3.8, 4) is 11.5 Å². The molecule has 1 heterocycles. The zero-order valence-corrected chi connectivity index (χ0v) is 19.5. The maximum absolute atomic E-state index is 12.7. The van der Waals surface area contributed by atoms with Crippen LogP contribution in [0.4, 0.5) is 5.69 Å². The summed E-state index contributed by atoms with van der Waals surface area (Å²) in [7, 11) is 1.57. The van der Waals surface area contributed by atoms with E-state index in [-0.39, 0.29) is 24.7 Å². The van der Waals surface area contributed by atoms with E-state index < -0.39 is 4.92 Å². The Balaban J connectivity index is 1.67. The Labute approximate surface area is 192 Å². The molecular formula is C24H28N4O5. The van der Waals surface area contributed by atoms with Gasteiger partial charge in [-0.3, -0.25) is 19.6 Å². The van der Waals surface area contributed by atoms with Gasteiger partial charge in [0.25, 0.3) is 5.91 Å². The molecule has 2 aromatic carbocycles. The number of aromatic nitrogens is 2. The maximum Gasteiger partial charge on any atom is 0.312 e. The first-order chi connectivity index (χ1) is 15.7. The minimum Gasteiger partial charge on any atom is -0.496 e. The molecule has 174 valence electrons. The van der Waals surface area contributed by atoms with E-state index in [4.69, 9.17) is 9.47 Å². The number of aryl methyl sites for hydroxylation is 3. The normalized spacial score (nSPS) is 10.7. The summed E-state index contributed by atoms with van der Waals surface area (Å²) < 4.78 is 12.9. The molecule has 0 unspecified atom stereocenters. The summed E-state index contributed by atoms with van der Waals surface area (Å²) in [6, 6.07) is 11.2. The SMILES string of the molecule is COc1ccc(C(=O)NCCn2nc(C)c([N+](=O)[O-])c2C)cc1COc1cc(C)ccc1C. The van der Waals surface area contributed by atoms with Crippen LogP contribution in [0.5, 0.6) is 11.5 Å². The Hall–Kier alpha value is -3.88. The van der Waals surface area contributed by atoms with Crippen molar-refractivity contribution in [2.75, 3.05) is 13.7 Å². The summed E-state index contributed by atoms with van der Waals surface area (Å²) in [5.74, 6) is 1.15. The van der Waals surface area contributed by atoms with Gasteiger partial charge in [-0.1, -0.05) is 12.1 Å². The summed E-state index contributed by atoms with van der Waals surface area (Å²) >= 11 is 0. The molecule has 0 fully saturated rings. The highest BCUT2D eigenvalue weighted by atomic mass is 16.6. The van der Waals surface area contributed by atoms with Gasteiger partial charge in [-0.2, -0.15) is 5.10 Å². The number of hydrogen-bond donors (Lipinski definition) is 1. The van der Waals surface area contributed by atoms with Crippen molar-refractivity contribution in [1.82, 2.24) is 15.1 Å². The predicted octanol–water partition coefficient (Wildman–Crippen LogP) is 4.04. The summed E-state index contributed by atoms with van der Waals surface area (Å²) in [6.45, 7) is 8.08. The molecule has 9 nitrogen and oxygen atoms in total. The van der Waals surface area contributed by atoms with Crippen LogP contribution >= 0.6 is 0 Å². The lowest BCUT2D eigenvalue weighted by Crippen LogP contribution is -2.28. The lowest BCUT2D eigenvalue weighted by molar-refractivity contribution is -0.386. The summed E-state index contributed by atoms with van der Waals surface area (Å²) in [5.41, 5.74) is 4.16. The monoisotopic (exact) mass is 452 g/mol. The number of nitro groups is 1. The van der Waals surface area contributed by atoms with Gasteiger partial charge in [0.15, 0.2) is 0 Å². The van der Waals surface area contributed by atoms with Crippen LogP contribution in [0.1, 0.15) is 38.4 Å². The zero-order valence-electron chi connectivity index (χ0n) is 19.5. The Morgan fingerprint density at radius 1 is 1.12 bits per heavy atom. The Morgan fingerprint density at radius 3 is 2.55 bits per heavy atom. The molecule has 0 aliphatic carbocycles. The minimum absolute atomic E-state index is 0.00460. The smallest absolute Gasteiger partial charge is 0.312 e. The van der Waals surface area contributed by atoms with Crippen molar-refractivity contribution in [2.45, 2.75) is 40.8 Å². The van der Waals surface area contributed by atoms with Crippen molar-refractivity contribution < 1.29 is 19.2 Å². The number of nitrogens with zero attached hydrogens (tertiary/aromatic N) is 3. The van der Waals surface area contributed by atoms with Crippen molar-refractivity contribution in [1.29, 1.82) is 0 Å². The number of amides is 1. The van der Waals surface area contributed by atoms with E-state index in [1.165, 1.54) is 4.68 Å². The quantitative estimate of drug-likeness (QED) is 0.388. The molecule has 1 amide bonds. The van der Waals surface area contributed by atoms with Crippen LogP contribution in [-0.4, -0.2) is 34.3 Å². The van der Waals surface area contributed by atoms with Crippen LogP contribution in [-0.2, 0) is 13.2 Å². The number of carbonyl (C=O) groups is 1. The minimum atomic E-state index is -0.439. The molecule has 33 heavy (non-hydrogen) atoms. The molecule has 0 saturated heterocycles. The van der Waals surface area contributed by atoms with Gasteiger partial charge in [-0.05, 0) is 63.1 Å². The molecular weight excluding hydrogens is 424 g/mol. The second-order valence-corrected chi connectivity index (χ2v) is 7.84. The second-order valence-electron chi connectivity index (χ2n) is 7.84. The molecule has 0 radical (unpaired) electrons. The molecule has 9 heteroatoms. The van der Waals surface area contributed by atoms with Crippen LogP contribution in [0.2, 0.25) is 0 Å². The van der Waals surface area contributed by atoms with Gasteiger partial charge in [0.1, 0.15) is 29.5 Å². The van der Waals surface area contributed by atoms with Gasteiger partial charge in [-0.25, -0.2) is 0 Å². The lowest BCUT2D eigenvalue weighted by atomic mass is 10.1. The van der Waals surface area contributed by atoms with E-state index >= 15 is 0 Å². The van der Waals surface area contributed by atoms with Gasteiger partial charge < -0.3 is 14.8 Å². The highest BCUT2D eigenvalue weighted by Gasteiger charge is 2.21. The summed E-state index contributed by atoms with van der Waals surface area (Å²) in [5, 5.41) is 18.2. The molecule has 0 bridgehead atoms. The third kappa shape index (κ3) is 5.49. The number of hydrogen-bond acceptors (Lipinski definition) is 6. The van der Waals surface area contributed by atoms with Crippen LogP contribution in [0.3, 0.4) is 0 Å². The first-order valence-electron chi connectivity index (χ1n) is 10.5. The molecule has 1 aromatic heterocycles. The molecule has 3 rings (SSSR count). The fourth-order valence-electron chi connectivity index (χ4n) is 3.60. The predicted molar refractivity (Wildman–Crippen MR) is 124 cm³/mol. The Kier molecular flexibility index (Phi) is 7.32. The third-order valence-electron chi connectivity index (χ3n) is 5.40. The molecule has 1 N–H and O–H groups in total. The first kappa shape index (κ1) is 23.8. The van der Waals surface area contributed by atoms with Crippen molar-refractivity contribution in [3.05, 3.63) is 80.2 Å². The van der Waals surface area contributed by atoms with Crippen LogP contribution in [0.25, 0.3) is 0 Å². The number of rotatable bonds is 9. The molecule has 0 aliphatic rings. The third-order valence-corrected chi connectivity index (χ3v) is 5.40. The summed E-state index contributed by atoms with van der Waals surface area (Å²) in [4.78, 5) is 23.4. The van der Waals surface area contributed by atoms with Crippen molar-refractivity contribution in [3.63, 3.8) is 0 Å². The average molecular weight is 453 g/mol. The van der Waals surface area contributed by atoms with Gasteiger partial charge >= 0.3 is 5.69 Å². The van der Waals surface area contributed by atoms with Crippen molar-refractivity contribution in [2.24, 2.45) is 0 Å². The highest BCUT2D eigenvalue weighted by Crippen LogP contribution is 2.25. The Morgan fingerprint density at radius 2 is 1.88 bits per heavy atom. The van der Waals surface area contributed by atoms with Gasteiger partial charge in [0.05, 0.1) is 18.6 Å². The van der Waals surface area contributed by atoms with Crippen LogP contribution in [0.15, 0.2) is 36.4 Å². The average Bonchev–Trinajstić information content (AvgIpc) is 3.07. The van der Waals surface area contributed by atoms with E-state index in [2.05, 4.69) is 10.4 Å². The zero-order chi connectivity index (χ0) is 24.1. The second kappa shape index (κ2) is 10.2. The fraction of sp³-hybridized carbons (Fsp3) is 0.333. The maximum atomic E-state index is 12.7. The number of benzene rings is 2. The fourth-order valence-corrected chi connectivity index (χ4v) is 3.60. The topological polar surface area (TPSA) is 109 Å². The van der Waals surface area contributed by atoms with E-state index in [1.54, 1.807) is 39.2 Å². The molecule has 0 spiro atoms. The van der Waals surface area contributed by atoms with E-state index in [9.17, 15) is 14.9 Å². The number of nitrogens with one attached hydrogen (secondary N) is 1. The largest absolute Gasteiger partial charge is 0.496 e.